The van der Waals surface area contributed by atoms with Crippen LogP contribution in [0, 0.1) is 0 Å². The molecule has 0 aliphatic heterocycles. The zero-order chi connectivity index (χ0) is 8.27. The highest BCUT2D eigenvalue weighted by Crippen LogP contribution is 2.16. The number of hydrogen-bond donors (Lipinski definition) is 0. The number of rotatable bonds is 2. The van der Waals surface area contributed by atoms with E-state index in [0.717, 1.165) is 11.8 Å². The van der Waals surface area contributed by atoms with Gasteiger partial charge in [-0.25, -0.2) is 0 Å². The quantitative estimate of drug-likeness (QED) is 0.567. The highest BCUT2D eigenvalue weighted by molar-refractivity contribution is 9.08. The minimum Gasteiger partial charge on any atom is -0.298 e. The van der Waals surface area contributed by atoms with Crippen LogP contribution in [0.25, 0.3) is 0 Å². The SMILES string of the molecule is O=Cc1cc(Cl)ccc1CBr. The third-order valence-corrected chi connectivity index (χ3v) is 2.22. The number of halogens is 2. The predicted molar refractivity (Wildman–Crippen MR) is 49.5 cm³/mol. The van der Waals surface area contributed by atoms with Crippen LogP contribution in [0.5, 0.6) is 0 Å². The lowest BCUT2D eigenvalue weighted by molar-refractivity contribution is 0.112. The van der Waals surface area contributed by atoms with Crippen LogP contribution < -0.4 is 0 Å². The Morgan fingerprint density at radius 2 is 2.27 bits per heavy atom. The Labute approximate surface area is 78.5 Å². The van der Waals surface area contributed by atoms with Crippen molar-refractivity contribution in [2.45, 2.75) is 5.33 Å². The van der Waals surface area contributed by atoms with Crippen LogP contribution >= 0.6 is 27.5 Å². The Morgan fingerprint density at radius 3 is 2.82 bits per heavy atom. The average molecular weight is 233 g/mol. The molecule has 1 nitrogen and oxygen atoms in total. The standard InChI is InChI=1S/C8H6BrClO/c9-4-6-1-2-8(10)3-7(6)5-11/h1-3,5H,4H2. The van der Waals surface area contributed by atoms with Gasteiger partial charge in [-0.1, -0.05) is 33.6 Å². The number of aldehydes is 1. The molecule has 0 amide bonds. The second-order valence-corrected chi connectivity index (χ2v) is 3.09. The van der Waals surface area contributed by atoms with Crippen molar-refractivity contribution < 1.29 is 4.79 Å². The van der Waals surface area contributed by atoms with Crippen LogP contribution in [0.1, 0.15) is 15.9 Å². The second-order valence-electron chi connectivity index (χ2n) is 2.09. The van der Waals surface area contributed by atoms with Crippen LogP contribution in [-0.4, -0.2) is 6.29 Å². The lowest BCUT2D eigenvalue weighted by Crippen LogP contribution is -1.87. The minimum atomic E-state index is 0.594. The summed E-state index contributed by atoms with van der Waals surface area (Å²) in [6.45, 7) is 0. The molecule has 0 saturated heterocycles. The smallest absolute Gasteiger partial charge is 0.150 e. The van der Waals surface area contributed by atoms with E-state index in [2.05, 4.69) is 15.9 Å². The fraction of sp³-hybridized carbons (Fsp3) is 0.125. The number of alkyl halides is 1. The van der Waals surface area contributed by atoms with Gasteiger partial charge in [0.05, 0.1) is 0 Å². The number of hydrogen-bond acceptors (Lipinski definition) is 1. The number of benzene rings is 1. The third kappa shape index (κ3) is 2.04. The highest BCUT2D eigenvalue weighted by atomic mass is 79.9. The molecule has 0 aromatic heterocycles. The van der Waals surface area contributed by atoms with Crippen LogP contribution in [0.3, 0.4) is 0 Å². The van der Waals surface area contributed by atoms with Crippen molar-refractivity contribution in [2.75, 3.05) is 0 Å². The van der Waals surface area contributed by atoms with Gasteiger partial charge < -0.3 is 0 Å². The Balaban J connectivity index is 3.16. The maximum Gasteiger partial charge on any atom is 0.150 e. The van der Waals surface area contributed by atoms with Gasteiger partial charge in [0.2, 0.25) is 0 Å². The van der Waals surface area contributed by atoms with Gasteiger partial charge in [-0.15, -0.1) is 0 Å². The first-order valence-corrected chi connectivity index (χ1v) is 4.57. The molecule has 0 fully saturated rings. The molecular formula is C8H6BrClO. The molecule has 0 saturated carbocycles. The monoisotopic (exact) mass is 232 g/mol. The first-order valence-electron chi connectivity index (χ1n) is 3.07. The molecule has 1 aromatic rings. The summed E-state index contributed by atoms with van der Waals surface area (Å²) in [5.74, 6) is 0. The van der Waals surface area contributed by atoms with Crippen molar-refractivity contribution in [1.29, 1.82) is 0 Å². The van der Waals surface area contributed by atoms with Crippen molar-refractivity contribution in [2.24, 2.45) is 0 Å². The van der Waals surface area contributed by atoms with Crippen LogP contribution in [0.15, 0.2) is 18.2 Å². The fourth-order valence-corrected chi connectivity index (χ4v) is 1.49. The topological polar surface area (TPSA) is 17.1 Å². The molecule has 0 radical (unpaired) electrons. The van der Waals surface area contributed by atoms with Gasteiger partial charge in [0.25, 0.3) is 0 Å². The average Bonchev–Trinajstić information content (AvgIpc) is 2.04. The molecule has 0 aliphatic carbocycles. The molecule has 0 unspecified atom stereocenters. The molecule has 3 heteroatoms. The molecule has 0 atom stereocenters. The van der Waals surface area contributed by atoms with E-state index in [4.69, 9.17) is 11.6 Å². The Bertz CT molecular complexity index is 273. The van der Waals surface area contributed by atoms with Crippen LogP contribution in [0.2, 0.25) is 5.02 Å². The first kappa shape index (κ1) is 8.75. The lowest BCUT2D eigenvalue weighted by Gasteiger charge is -1.99. The van der Waals surface area contributed by atoms with Gasteiger partial charge >= 0.3 is 0 Å². The van der Waals surface area contributed by atoms with Crippen molar-refractivity contribution >= 4 is 33.8 Å². The third-order valence-electron chi connectivity index (χ3n) is 1.38. The molecule has 0 bridgehead atoms. The Morgan fingerprint density at radius 1 is 1.55 bits per heavy atom. The summed E-state index contributed by atoms with van der Waals surface area (Å²) in [5.41, 5.74) is 1.61. The summed E-state index contributed by atoms with van der Waals surface area (Å²) in [6, 6.07) is 5.26. The first-order chi connectivity index (χ1) is 5.27. The van der Waals surface area contributed by atoms with Crippen LogP contribution in [-0.2, 0) is 5.33 Å². The Kier molecular flexibility index (Phi) is 3.09. The maximum atomic E-state index is 10.5. The maximum absolute atomic E-state index is 10.5. The van der Waals surface area contributed by atoms with Crippen LogP contribution in [0.4, 0.5) is 0 Å². The molecule has 58 valence electrons. The van der Waals surface area contributed by atoms with E-state index in [9.17, 15) is 4.79 Å². The van der Waals surface area contributed by atoms with E-state index < -0.39 is 0 Å². The zero-order valence-corrected chi connectivity index (χ0v) is 8.02. The second kappa shape index (κ2) is 3.88. The molecule has 11 heavy (non-hydrogen) atoms. The number of carbonyl (C=O) groups excluding carboxylic acids is 1. The summed E-state index contributed by atoms with van der Waals surface area (Å²) < 4.78 is 0. The van der Waals surface area contributed by atoms with Crippen molar-refractivity contribution in [3.63, 3.8) is 0 Å². The summed E-state index contributed by atoms with van der Waals surface area (Å²) in [7, 11) is 0. The molecule has 0 aliphatic rings. The van der Waals surface area contributed by atoms with Crippen molar-refractivity contribution in [3.8, 4) is 0 Å². The lowest BCUT2D eigenvalue weighted by atomic mass is 10.1. The fourth-order valence-electron chi connectivity index (χ4n) is 0.797. The molecule has 0 heterocycles. The van der Waals surface area contributed by atoms with Gasteiger partial charge in [0.15, 0.2) is 0 Å². The van der Waals surface area contributed by atoms with Crippen molar-refractivity contribution in [1.82, 2.24) is 0 Å². The highest BCUT2D eigenvalue weighted by Gasteiger charge is 1.99. The molecule has 0 N–H and O–H groups in total. The summed E-state index contributed by atoms with van der Waals surface area (Å²) >= 11 is 8.95. The van der Waals surface area contributed by atoms with E-state index >= 15 is 0 Å². The summed E-state index contributed by atoms with van der Waals surface area (Å²) in [4.78, 5) is 10.5. The van der Waals surface area contributed by atoms with Gasteiger partial charge in [0, 0.05) is 15.9 Å². The van der Waals surface area contributed by atoms with Crippen molar-refractivity contribution in [3.05, 3.63) is 34.3 Å². The van der Waals surface area contributed by atoms with E-state index in [1.165, 1.54) is 0 Å². The summed E-state index contributed by atoms with van der Waals surface area (Å²) in [5, 5.41) is 1.27. The number of carbonyl (C=O) groups is 1. The normalized spacial score (nSPS) is 9.64. The molecule has 1 rings (SSSR count). The molecule has 1 aromatic carbocycles. The van der Waals surface area contributed by atoms with E-state index in [-0.39, 0.29) is 0 Å². The largest absolute Gasteiger partial charge is 0.298 e. The van der Waals surface area contributed by atoms with E-state index in [0.29, 0.717) is 15.9 Å². The molecular weight excluding hydrogens is 227 g/mol. The van der Waals surface area contributed by atoms with E-state index in [1.807, 2.05) is 6.07 Å². The van der Waals surface area contributed by atoms with Gasteiger partial charge in [-0.3, -0.25) is 4.79 Å². The van der Waals surface area contributed by atoms with Gasteiger partial charge in [-0.05, 0) is 17.7 Å². The summed E-state index contributed by atoms with van der Waals surface area (Å²) in [6.07, 6.45) is 0.808. The zero-order valence-electron chi connectivity index (χ0n) is 5.68. The minimum absolute atomic E-state index is 0.594. The Hall–Kier alpha value is -0.340. The van der Waals surface area contributed by atoms with E-state index in [1.54, 1.807) is 12.1 Å². The van der Waals surface area contributed by atoms with Gasteiger partial charge in [0.1, 0.15) is 6.29 Å². The van der Waals surface area contributed by atoms with Gasteiger partial charge in [-0.2, -0.15) is 0 Å². The predicted octanol–water partition coefficient (Wildman–Crippen LogP) is 3.05. The molecule has 0 spiro atoms.